The monoisotopic (exact) mass is 277 g/mol. The van der Waals surface area contributed by atoms with E-state index >= 15 is 0 Å². The van der Waals surface area contributed by atoms with Gasteiger partial charge in [0.25, 0.3) is 5.91 Å². The Hall–Kier alpha value is -1.85. The Bertz CT molecular complexity index is 613. The van der Waals surface area contributed by atoms with Crippen molar-refractivity contribution in [3.63, 3.8) is 0 Å². The van der Waals surface area contributed by atoms with Gasteiger partial charge in [0.2, 0.25) is 0 Å². The van der Waals surface area contributed by atoms with Crippen LogP contribution in [0.5, 0.6) is 0 Å². The van der Waals surface area contributed by atoms with Gasteiger partial charge in [0, 0.05) is 5.39 Å². The molecule has 0 bridgehead atoms. The lowest BCUT2D eigenvalue weighted by molar-refractivity contribution is 0.0724. The van der Waals surface area contributed by atoms with Crippen LogP contribution in [0, 0.1) is 0 Å². The van der Waals surface area contributed by atoms with Gasteiger partial charge >= 0.3 is 0 Å². The molecule has 5 heteroatoms. The first kappa shape index (κ1) is 14.6. The zero-order chi connectivity index (χ0) is 14.8. The van der Waals surface area contributed by atoms with Crippen LogP contribution >= 0.6 is 0 Å². The number of furan rings is 1. The summed E-state index contributed by atoms with van der Waals surface area (Å²) < 4.78 is 5.37. The number of amides is 1. The molecular formula is C15H19NO4. The summed E-state index contributed by atoms with van der Waals surface area (Å²) in [5.74, 6) is -0.373. The second-order valence-electron chi connectivity index (χ2n) is 5.16. The number of carbonyl (C=O) groups is 1. The Morgan fingerprint density at radius 1 is 1.35 bits per heavy atom. The highest BCUT2D eigenvalue weighted by Gasteiger charge is 2.26. The minimum Gasteiger partial charge on any atom is -0.463 e. The second-order valence-corrected chi connectivity index (χ2v) is 5.16. The highest BCUT2D eigenvalue weighted by Crippen LogP contribution is 2.23. The summed E-state index contributed by atoms with van der Waals surface area (Å²) in [5.41, 5.74) is 1.11. The maximum absolute atomic E-state index is 12.3. The van der Waals surface area contributed by atoms with E-state index in [2.05, 4.69) is 5.32 Å². The van der Waals surface area contributed by atoms with Crippen molar-refractivity contribution in [3.05, 3.63) is 35.6 Å². The molecule has 108 valence electrons. The number of rotatable bonds is 5. The van der Waals surface area contributed by atoms with Crippen molar-refractivity contribution in [2.45, 2.75) is 25.8 Å². The van der Waals surface area contributed by atoms with Gasteiger partial charge in [-0.2, -0.15) is 0 Å². The number of nitrogens with one attached hydrogen (secondary N) is 1. The molecule has 0 aliphatic rings. The predicted octanol–water partition coefficient (Wildman–Crippen LogP) is 1.47. The summed E-state index contributed by atoms with van der Waals surface area (Å²) >= 11 is 0. The summed E-state index contributed by atoms with van der Waals surface area (Å²) in [6.45, 7) is 2.93. The quantitative estimate of drug-likeness (QED) is 0.773. The van der Waals surface area contributed by atoms with Gasteiger partial charge in [-0.05, 0) is 31.0 Å². The number of aliphatic hydroxyl groups is 2. The van der Waals surface area contributed by atoms with Crippen molar-refractivity contribution in [3.8, 4) is 0 Å². The van der Waals surface area contributed by atoms with E-state index in [1.54, 1.807) is 6.92 Å². The van der Waals surface area contributed by atoms with Crippen molar-refractivity contribution in [2.24, 2.45) is 0 Å². The fourth-order valence-electron chi connectivity index (χ4n) is 1.94. The molecule has 20 heavy (non-hydrogen) atoms. The van der Waals surface area contributed by atoms with Crippen LogP contribution in [0.15, 0.2) is 28.9 Å². The van der Waals surface area contributed by atoms with E-state index in [4.69, 9.17) is 4.42 Å². The number of aryl methyl sites for hydroxylation is 1. The Kier molecular flexibility index (Phi) is 4.11. The normalized spacial score (nSPS) is 11.8. The van der Waals surface area contributed by atoms with Crippen molar-refractivity contribution in [2.75, 3.05) is 13.2 Å². The fourth-order valence-corrected chi connectivity index (χ4v) is 1.94. The van der Waals surface area contributed by atoms with Crippen molar-refractivity contribution >= 4 is 16.9 Å². The van der Waals surface area contributed by atoms with Crippen molar-refractivity contribution in [1.29, 1.82) is 0 Å². The largest absolute Gasteiger partial charge is 0.463 e. The van der Waals surface area contributed by atoms with Crippen LogP contribution in [0.25, 0.3) is 11.0 Å². The lowest BCUT2D eigenvalue weighted by atomic mass is 10.0. The summed E-state index contributed by atoms with van der Waals surface area (Å²) in [6, 6.07) is 5.71. The maximum Gasteiger partial charge on any atom is 0.255 e. The number of carbonyl (C=O) groups excluding carboxylic acids is 1. The zero-order valence-electron chi connectivity index (χ0n) is 11.6. The molecule has 0 aliphatic carbocycles. The lowest BCUT2D eigenvalue weighted by Crippen LogP contribution is -2.51. The molecule has 2 aromatic rings. The van der Waals surface area contributed by atoms with Crippen molar-refractivity contribution in [1.82, 2.24) is 5.32 Å². The Morgan fingerprint density at radius 3 is 2.65 bits per heavy atom. The zero-order valence-corrected chi connectivity index (χ0v) is 11.6. The van der Waals surface area contributed by atoms with Gasteiger partial charge in [-0.1, -0.05) is 13.0 Å². The summed E-state index contributed by atoms with van der Waals surface area (Å²) in [7, 11) is 0. The van der Waals surface area contributed by atoms with Crippen LogP contribution in [0.2, 0.25) is 0 Å². The van der Waals surface area contributed by atoms with E-state index in [-0.39, 0.29) is 19.1 Å². The average molecular weight is 277 g/mol. The molecule has 0 fully saturated rings. The molecule has 0 aliphatic heterocycles. The summed E-state index contributed by atoms with van der Waals surface area (Å²) in [6.07, 6.45) is 2.27. The number of aliphatic hydroxyl groups excluding tert-OH is 2. The number of fused-ring (bicyclic) bond motifs is 1. The maximum atomic E-state index is 12.3. The van der Waals surface area contributed by atoms with Gasteiger partial charge in [0.1, 0.15) is 11.8 Å². The van der Waals surface area contributed by atoms with Gasteiger partial charge in [0.05, 0.1) is 24.3 Å². The number of hydrogen-bond acceptors (Lipinski definition) is 4. The summed E-state index contributed by atoms with van der Waals surface area (Å²) in [5, 5.41) is 21.8. The van der Waals surface area contributed by atoms with Crippen LogP contribution in [-0.2, 0) is 6.42 Å². The number of hydrogen-bond donors (Lipinski definition) is 3. The predicted molar refractivity (Wildman–Crippen MR) is 75.6 cm³/mol. The van der Waals surface area contributed by atoms with Gasteiger partial charge in [-0.3, -0.25) is 4.79 Å². The Labute approximate surface area is 117 Å². The standard InChI is InChI=1S/C15H19NO4/c1-3-10-4-5-13-11(6-10)12(7-20-13)14(19)16-15(2,8-17)9-18/h4-7,17-18H,3,8-9H2,1-2H3,(H,16,19). The molecule has 3 N–H and O–H groups in total. The molecule has 1 aromatic heterocycles. The lowest BCUT2D eigenvalue weighted by Gasteiger charge is -2.25. The molecule has 5 nitrogen and oxygen atoms in total. The molecular weight excluding hydrogens is 258 g/mol. The van der Waals surface area contributed by atoms with Crippen LogP contribution in [-0.4, -0.2) is 34.9 Å². The van der Waals surface area contributed by atoms with Crippen LogP contribution in [0.1, 0.15) is 29.8 Å². The average Bonchev–Trinajstić information content (AvgIpc) is 2.89. The molecule has 0 spiro atoms. The summed E-state index contributed by atoms with van der Waals surface area (Å²) in [4.78, 5) is 12.3. The van der Waals surface area contributed by atoms with Crippen LogP contribution in [0.3, 0.4) is 0 Å². The highest BCUT2D eigenvalue weighted by molar-refractivity contribution is 6.06. The minimum atomic E-state index is -1.05. The first-order valence-corrected chi connectivity index (χ1v) is 6.57. The van der Waals surface area contributed by atoms with Gasteiger partial charge < -0.3 is 19.9 Å². The number of benzene rings is 1. The third kappa shape index (κ3) is 2.69. The molecule has 0 unspecified atom stereocenters. The van der Waals surface area contributed by atoms with E-state index in [1.165, 1.54) is 6.26 Å². The molecule has 0 saturated heterocycles. The van der Waals surface area contributed by atoms with E-state index in [0.717, 1.165) is 17.4 Å². The Morgan fingerprint density at radius 2 is 2.05 bits per heavy atom. The highest BCUT2D eigenvalue weighted by atomic mass is 16.3. The van der Waals surface area contributed by atoms with E-state index in [9.17, 15) is 15.0 Å². The molecule has 0 saturated carbocycles. The molecule has 0 radical (unpaired) electrons. The molecule has 2 rings (SSSR count). The van der Waals surface area contributed by atoms with Crippen LogP contribution < -0.4 is 5.32 Å². The second kappa shape index (κ2) is 5.64. The van der Waals surface area contributed by atoms with E-state index in [1.807, 2.05) is 25.1 Å². The third-order valence-electron chi connectivity index (χ3n) is 3.40. The molecule has 1 amide bonds. The van der Waals surface area contributed by atoms with Crippen molar-refractivity contribution < 1.29 is 19.4 Å². The van der Waals surface area contributed by atoms with Gasteiger partial charge in [-0.15, -0.1) is 0 Å². The molecule has 1 aromatic carbocycles. The SMILES string of the molecule is CCc1ccc2occ(C(=O)NC(C)(CO)CO)c2c1. The van der Waals surface area contributed by atoms with Gasteiger partial charge in [0.15, 0.2) is 0 Å². The Balaban J connectivity index is 2.35. The fraction of sp³-hybridized carbons (Fsp3) is 0.400. The van der Waals surface area contributed by atoms with Gasteiger partial charge in [-0.25, -0.2) is 0 Å². The molecule has 1 heterocycles. The smallest absolute Gasteiger partial charge is 0.255 e. The topological polar surface area (TPSA) is 82.7 Å². The van der Waals surface area contributed by atoms with Crippen LogP contribution in [0.4, 0.5) is 0 Å². The van der Waals surface area contributed by atoms with E-state index in [0.29, 0.717) is 11.1 Å². The minimum absolute atomic E-state index is 0.342. The third-order valence-corrected chi connectivity index (χ3v) is 3.40. The van der Waals surface area contributed by atoms with E-state index < -0.39 is 5.54 Å². The molecule has 0 atom stereocenters. The first-order valence-electron chi connectivity index (χ1n) is 6.57. The first-order chi connectivity index (χ1) is 9.53.